The number of hydrogen-bond donors (Lipinski definition) is 1. The average molecular weight is 445 g/mol. The van der Waals surface area contributed by atoms with Crippen LogP contribution in [0, 0.1) is 25.7 Å². The Balaban J connectivity index is 1.31. The van der Waals surface area contributed by atoms with Crippen molar-refractivity contribution in [3.63, 3.8) is 0 Å². The van der Waals surface area contributed by atoms with E-state index in [0.717, 1.165) is 29.8 Å². The van der Waals surface area contributed by atoms with Gasteiger partial charge in [0, 0.05) is 31.7 Å². The average Bonchev–Trinajstić information content (AvgIpc) is 3.24. The van der Waals surface area contributed by atoms with Gasteiger partial charge in [-0.05, 0) is 50.3 Å². The van der Waals surface area contributed by atoms with Crippen molar-refractivity contribution in [1.29, 1.82) is 0 Å². The van der Waals surface area contributed by atoms with Crippen LogP contribution in [0.3, 0.4) is 0 Å². The van der Waals surface area contributed by atoms with Crippen LogP contribution in [0.1, 0.15) is 46.9 Å². The number of amides is 2. The summed E-state index contributed by atoms with van der Waals surface area (Å²) in [4.78, 5) is 27.7. The summed E-state index contributed by atoms with van der Waals surface area (Å²) in [5.41, 5.74) is 4.62. The van der Waals surface area contributed by atoms with Crippen molar-refractivity contribution in [2.24, 2.45) is 11.8 Å². The Hall–Kier alpha value is -3.41. The zero-order valence-corrected chi connectivity index (χ0v) is 19.6. The SMILES string of the molecule is Cc1ccc(CNC(=O)C(C)C2CCN(C(=O)c3cn(-c4ccccc4)nc3C)CC2)cc1. The van der Waals surface area contributed by atoms with Crippen LogP contribution in [0.15, 0.2) is 60.8 Å². The molecule has 1 saturated heterocycles. The van der Waals surface area contributed by atoms with Gasteiger partial charge in [-0.3, -0.25) is 9.59 Å². The number of rotatable bonds is 6. The van der Waals surface area contributed by atoms with Crippen LogP contribution in [-0.4, -0.2) is 39.6 Å². The first-order chi connectivity index (χ1) is 15.9. The maximum Gasteiger partial charge on any atom is 0.257 e. The molecule has 3 aromatic rings. The summed E-state index contributed by atoms with van der Waals surface area (Å²) in [5.74, 6) is 0.306. The molecule has 1 atom stereocenters. The van der Waals surface area contributed by atoms with Crippen LogP contribution in [0.25, 0.3) is 5.69 Å². The number of aromatic nitrogens is 2. The van der Waals surface area contributed by atoms with Crippen molar-refractivity contribution in [3.05, 3.63) is 83.2 Å². The minimum atomic E-state index is -0.0738. The summed E-state index contributed by atoms with van der Waals surface area (Å²) in [6.07, 6.45) is 3.48. The lowest BCUT2D eigenvalue weighted by Gasteiger charge is -2.34. The molecule has 1 aliphatic rings. The van der Waals surface area contributed by atoms with E-state index < -0.39 is 0 Å². The maximum absolute atomic E-state index is 13.2. The fourth-order valence-corrected chi connectivity index (χ4v) is 4.43. The molecule has 1 N–H and O–H groups in total. The molecule has 0 aliphatic carbocycles. The lowest BCUT2D eigenvalue weighted by atomic mass is 9.84. The number of aryl methyl sites for hydroxylation is 2. The molecule has 6 heteroatoms. The van der Waals surface area contributed by atoms with Crippen LogP contribution < -0.4 is 5.32 Å². The highest BCUT2D eigenvalue weighted by Crippen LogP contribution is 2.27. The number of para-hydroxylation sites is 1. The van der Waals surface area contributed by atoms with Crippen LogP contribution in [0.2, 0.25) is 0 Å². The Morgan fingerprint density at radius 3 is 2.36 bits per heavy atom. The van der Waals surface area contributed by atoms with Gasteiger partial charge in [-0.2, -0.15) is 5.10 Å². The summed E-state index contributed by atoms with van der Waals surface area (Å²) in [5, 5.41) is 7.60. The standard InChI is InChI=1S/C27H32N4O2/c1-19-9-11-22(12-10-19)17-28-26(32)20(2)23-13-15-30(16-14-23)27(33)25-18-31(29-21(25)3)24-7-5-4-6-8-24/h4-12,18,20,23H,13-17H2,1-3H3,(H,28,32). The molecular weight excluding hydrogens is 412 g/mol. The molecule has 1 aliphatic heterocycles. The fraction of sp³-hybridized carbons (Fsp3) is 0.370. The lowest BCUT2D eigenvalue weighted by molar-refractivity contribution is -0.126. The molecule has 172 valence electrons. The van der Waals surface area contributed by atoms with Gasteiger partial charge in [0.2, 0.25) is 5.91 Å². The van der Waals surface area contributed by atoms with E-state index in [-0.39, 0.29) is 23.7 Å². The largest absolute Gasteiger partial charge is 0.352 e. The number of carbonyl (C=O) groups is 2. The second-order valence-corrected chi connectivity index (χ2v) is 9.03. The Morgan fingerprint density at radius 2 is 1.70 bits per heavy atom. The molecule has 4 rings (SSSR count). The van der Waals surface area contributed by atoms with Gasteiger partial charge in [0.1, 0.15) is 0 Å². The fourth-order valence-electron chi connectivity index (χ4n) is 4.43. The van der Waals surface area contributed by atoms with E-state index >= 15 is 0 Å². The third-order valence-corrected chi connectivity index (χ3v) is 6.68. The van der Waals surface area contributed by atoms with Gasteiger partial charge in [0.25, 0.3) is 5.91 Å². The van der Waals surface area contributed by atoms with Gasteiger partial charge < -0.3 is 10.2 Å². The summed E-state index contributed by atoms with van der Waals surface area (Å²) in [6.45, 7) is 7.80. The molecular formula is C27H32N4O2. The van der Waals surface area contributed by atoms with E-state index in [1.165, 1.54) is 5.56 Å². The first-order valence-corrected chi connectivity index (χ1v) is 11.7. The summed E-state index contributed by atoms with van der Waals surface area (Å²) in [6, 6.07) is 18.0. The number of nitrogens with one attached hydrogen (secondary N) is 1. The number of likely N-dealkylation sites (tertiary alicyclic amines) is 1. The molecule has 2 aromatic carbocycles. The van der Waals surface area contributed by atoms with E-state index in [2.05, 4.69) is 29.5 Å². The van der Waals surface area contributed by atoms with Crippen molar-refractivity contribution >= 4 is 11.8 Å². The van der Waals surface area contributed by atoms with E-state index in [1.54, 1.807) is 4.68 Å². The zero-order chi connectivity index (χ0) is 23.4. The molecule has 1 unspecified atom stereocenters. The predicted octanol–water partition coefficient (Wildman–Crippen LogP) is 4.29. The third kappa shape index (κ3) is 5.33. The lowest BCUT2D eigenvalue weighted by Crippen LogP contribution is -2.42. The quantitative estimate of drug-likeness (QED) is 0.617. The second kappa shape index (κ2) is 10.0. The molecule has 33 heavy (non-hydrogen) atoms. The van der Waals surface area contributed by atoms with Crippen LogP contribution in [0.4, 0.5) is 0 Å². The molecule has 6 nitrogen and oxygen atoms in total. The van der Waals surface area contributed by atoms with E-state index in [9.17, 15) is 9.59 Å². The van der Waals surface area contributed by atoms with Crippen molar-refractivity contribution in [1.82, 2.24) is 20.0 Å². The van der Waals surface area contributed by atoms with Gasteiger partial charge in [-0.1, -0.05) is 55.0 Å². The second-order valence-electron chi connectivity index (χ2n) is 9.03. The number of hydrogen-bond acceptors (Lipinski definition) is 3. The van der Waals surface area contributed by atoms with Crippen molar-refractivity contribution < 1.29 is 9.59 Å². The highest BCUT2D eigenvalue weighted by molar-refractivity contribution is 5.95. The zero-order valence-electron chi connectivity index (χ0n) is 19.6. The Kier molecular flexibility index (Phi) is 6.92. The molecule has 1 fully saturated rings. The molecule has 1 aromatic heterocycles. The Morgan fingerprint density at radius 1 is 1.03 bits per heavy atom. The van der Waals surface area contributed by atoms with E-state index in [0.29, 0.717) is 25.2 Å². The van der Waals surface area contributed by atoms with Crippen molar-refractivity contribution in [2.75, 3.05) is 13.1 Å². The van der Waals surface area contributed by atoms with Gasteiger partial charge >= 0.3 is 0 Å². The monoisotopic (exact) mass is 444 g/mol. The Bertz CT molecular complexity index is 1100. The topological polar surface area (TPSA) is 67.2 Å². The van der Waals surface area contributed by atoms with Crippen molar-refractivity contribution in [2.45, 2.75) is 40.2 Å². The van der Waals surface area contributed by atoms with Gasteiger partial charge in [0.05, 0.1) is 16.9 Å². The number of piperidine rings is 1. The molecule has 2 amide bonds. The molecule has 0 radical (unpaired) electrons. The van der Waals surface area contributed by atoms with E-state index in [1.807, 2.05) is 67.4 Å². The first-order valence-electron chi connectivity index (χ1n) is 11.7. The van der Waals surface area contributed by atoms with Gasteiger partial charge in [0.15, 0.2) is 0 Å². The smallest absolute Gasteiger partial charge is 0.257 e. The highest BCUT2D eigenvalue weighted by atomic mass is 16.2. The van der Waals surface area contributed by atoms with Crippen LogP contribution >= 0.6 is 0 Å². The van der Waals surface area contributed by atoms with Crippen LogP contribution in [0.5, 0.6) is 0 Å². The molecule has 0 spiro atoms. The predicted molar refractivity (Wildman–Crippen MR) is 129 cm³/mol. The Labute approximate surface area is 195 Å². The van der Waals surface area contributed by atoms with Gasteiger partial charge in [-0.15, -0.1) is 0 Å². The van der Waals surface area contributed by atoms with Crippen LogP contribution in [-0.2, 0) is 11.3 Å². The molecule has 0 bridgehead atoms. The third-order valence-electron chi connectivity index (χ3n) is 6.68. The van der Waals surface area contributed by atoms with E-state index in [4.69, 9.17) is 0 Å². The maximum atomic E-state index is 13.2. The minimum Gasteiger partial charge on any atom is -0.352 e. The number of nitrogens with zero attached hydrogens (tertiary/aromatic N) is 3. The van der Waals surface area contributed by atoms with Gasteiger partial charge in [-0.25, -0.2) is 4.68 Å². The summed E-state index contributed by atoms with van der Waals surface area (Å²) < 4.78 is 1.76. The summed E-state index contributed by atoms with van der Waals surface area (Å²) >= 11 is 0. The summed E-state index contributed by atoms with van der Waals surface area (Å²) in [7, 11) is 0. The normalized spacial score (nSPS) is 15.3. The molecule has 0 saturated carbocycles. The first kappa shape index (κ1) is 22.8. The minimum absolute atomic E-state index is 0.0182. The number of carbonyl (C=O) groups excluding carboxylic acids is 2. The van der Waals surface area contributed by atoms with Crippen molar-refractivity contribution in [3.8, 4) is 5.69 Å². The molecule has 2 heterocycles. The number of benzene rings is 2. The highest BCUT2D eigenvalue weighted by Gasteiger charge is 2.31.